The highest BCUT2D eigenvalue weighted by Crippen LogP contribution is 2.23. The molecule has 0 bridgehead atoms. The van der Waals surface area contributed by atoms with E-state index in [1.54, 1.807) is 0 Å². The van der Waals surface area contributed by atoms with Crippen LogP contribution in [-0.4, -0.2) is 29.5 Å². The lowest BCUT2D eigenvalue weighted by molar-refractivity contribution is 0.165. The van der Waals surface area contributed by atoms with Crippen LogP contribution in [0.2, 0.25) is 5.02 Å². The van der Waals surface area contributed by atoms with Gasteiger partial charge in [0.1, 0.15) is 0 Å². The van der Waals surface area contributed by atoms with E-state index in [4.69, 9.17) is 11.6 Å². The molecule has 1 atom stereocenters. The molecule has 1 unspecified atom stereocenters. The molecule has 0 radical (unpaired) electrons. The number of aliphatic hydroxyl groups is 1. The second kappa shape index (κ2) is 8.85. The predicted octanol–water partition coefficient (Wildman–Crippen LogP) is 3.96. The number of hydrogen-bond acceptors (Lipinski definition) is 3. The van der Waals surface area contributed by atoms with Crippen molar-refractivity contribution in [1.29, 1.82) is 0 Å². The van der Waals surface area contributed by atoms with Crippen molar-refractivity contribution in [2.24, 2.45) is 0 Å². The minimum absolute atomic E-state index is 0.142. The Kier molecular flexibility index (Phi) is 7.84. The Hall–Kier alpha value is -0.220. The fraction of sp³-hybridized carbons (Fsp3) is 0.600. The topological polar surface area (TPSA) is 32.3 Å². The number of rotatable bonds is 9. The highest BCUT2D eigenvalue weighted by molar-refractivity contribution is 7.99. The van der Waals surface area contributed by atoms with Crippen molar-refractivity contribution in [2.75, 3.05) is 18.9 Å². The van der Waals surface area contributed by atoms with Gasteiger partial charge in [0.2, 0.25) is 0 Å². The van der Waals surface area contributed by atoms with Gasteiger partial charge in [0.15, 0.2) is 0 Å². The average Bonchev–Trinajstić information content (AvgIpc) is 2.43. The van der Waals surface area contributed by atoms with E-state index < -0.39 is 0 Å². The van der Waals surface area contributed by atoms with E-state index in [0.29, 0.717) is 0 Å². The molecule has 0 saturated heterocycles. The lowest BCUT2D eigenvalue weighted by Gasteiger charge is -2.28. The van der Waals surface area contributed by atoms with Crippen LogP contribution in [0, 0.1) is 0 Å². The van der Waals surface area contributed by atoms with Crippen molar-refractivity contribution in [3.8, 4) is 0 Å². The van der Waals surface area contributed by atoms with Crippen LogP contribution >= 0.6 is 23.4 Å². The molecule has 0 saturated carbocycles. The van der Waals surface area contributed by atoms with E-state index in [0.717, 1.165) is 36.6 Å². The largest absolute Gasteiger partial charge is 0.394 e. The van der Waals surface area contributed by atoms with Crippen LogP contribution in [0.5, 0.6) is 0 Å². The van der Waals surface area contributed by atoms with Gasteiger partial charge in [0, 0.05) is 15.5 Å². The fourth-order valence-electron chi connectivity index (χ4n) is 1.83. The maximum Gasteiger partial charge on any atom is 0.0610 e. The minimum Gasteiger partial charge on any atom is -0.394 e. The standard InChI is InChI=1S/C15H24ClNOS/c1-3-10-17-15(2,12-18)9-4-11-19-14-7-5-13(16)6-8-14/h5-8,17-18H,3-4,9-12H2,1-2H3. The Morgan fingerprint density at radius 3 is 2.58 bits per heavy atom. The van der Waals surface area contributed by atoms with Crippen LogP contribution < -0.4 is 5.32 Å². The molecule has 2 N–H and O–H groups in total. The summed E-state index contributed by atoms with van der Waals surface area (Å²) in [5, 5.41) is 13.7. The number of hydrogen-bond donors (Lipinski definition) is 2. The summed E-state index contributed by atoms with van der Waals surface area (Å²) < 4.78 is 0. The first kappa shape index (κ1) is 16.8. The highest BCUT2D eigenvalue weighted by Gasteiger charge is 2.21. The molecule has 0 aliphatic heterocycles. The van der Waals surface area contributed by atoms with Gasteiger partial charge in [0.05, 0.1) is 6.61 Å². The molecule has 1 aromatic rings. The first-order chi connectivity index (χ1) is 9.09. The summed E-state index contributed by atoms with van der Waals surface area (Å²) in [6.07, 6.45) is 3.17. The van der Waals surface area contributed by atoms with Gasteiger partial charge >= 0.3 is 0 Å². The minimum atomic E-state index is -0.142. The van der Waals surface area contributed by atoms with Crippen molar-refractivity contribution >= 4 is 23.4 Å². The van der Waals surface area contributed by atoms with Gasteiger partial charge < -0.3 is 10.4 Å². The van der Waals surface area contributed by atoms with Crippen LogP contribution in [0.4, 0.5) is 0 Å². The van der Waals surface area contributed by atoms with Crippen molar-refractivity contribution in [3.05, 3.63) is 29.3 Å². The molecule has 19 heavy (non-hydrogen) atoms. The number of nitrogens with one attached hydrogen (secondary N) is 1. The maximum absolute atomic E-state index is 9.47. The van der Waals surface area contributed by atoms with E-state index in [1.807, 2.05) is 36.0 Å². The van der Waals surface area contributed by atoms with E-state index in [-0.39, 0.29) is 12.1 Å². The molecule has 0 spiro atoms. The molecule has 1 rings (SSSR count). The molecule has 0 aromatic heterocycles. The van der Waals surface area contributed by atoms with Crippen LogP contribution in [0.3, 0.4) is 0 Å². The number of halogens is 1. The summed E-state index contributed by atoms with van der Waals surface area (Å²) in [6.45, 7) is 5.39. The number of benzene rings is 1. The molecule has 0 amide bonds. The maximum atomic E-state index is 9.47. The average molecular weight is 302 g/mol. The van der Waals surface area contributed by atoms with Gasteiger partial charge in [-0.2, -0.15) is 0 Å². The zero-order valence-electron chi connectivity index (χ0n) is 11.8. The van der Waals surface area contributed by atoms with Crippen LogP contribution in [-0.2, 0) is 0 Å². The highest BCUT2D eigenvalue weighted by atomic mass is 35.5. The van der Waals surface area contributed by atoms with Gasteiger partial charge in [-0.15, -0.1) is 11.8 Å². The molecule has 0 fully saturated rings. The lowest BCUT2D eigenvalue weighted by atomic mass is 9.97. The van der Waals surface area contributed by atoms with Gasteiger partial charge in [-0.1, -0.05) is 18.5 Å². The zero-order valence-corrected chi connectivity index (χ0v) is 13.4. The van der Waals surface area contributed by atoms with Crippen LogP contribution in [0.1, 0.15) is 33.1 Å². The molecule has 4 heteroatoms. The van der Waals surface area contributed by atoms with E-state index in [2.05, 4.69) is 19.2 Å². The van der Waals surface area contributed by atoms with Crippen molar-refractivity contribution in [1.82, 2.24) is 5.32 Å². The number of thioether (sulfide) groups is 1. The molecular weight excluding hydrogens is 278 g/mol. The number of aliphatic hydroxyl groups excluding tert-OH is 1. The van der Waals surface area contributed by atoms with Gasteiger partial charge in [-0.05, 0) is 62.7 Å². The van der Waals surface area contributed by atoms with Gasteiger partial charge in [-0.3, -0.25) is 0 Å². The van der Waals surface area contributed by atoms with E-state index in [9.17, 15) is 5.11 Å². The fourth-order valence-corrected chi connectivity index (χ4v) is 2.81. The molecule has 2 nitrogen and oxygen atoms in total. The van der Waals surface area contributed by atoms with E-state index in [1.165, 1.54) is 4.90 Å². The molecule has 0 aliphatic carbocycles. The van der Waals surface area contributed by atoms with Gasteiger partial charge in [-0.25, -0.2) is 0 Å². The Morgan fingerprint density at radius 1 is 1.32 bits per heavy atom. The lowest BCUT2D eigenvalue weighted by Crippen LogP contribution is -2.46. The summed E-state index contributed by atoms with van der Waals surface area (Å²) in [4.78, 5) is 1.25. The van der Waals surface area contributed by atoms with Crippen LogP contribution in [0.25, 0.3) is 0 Å². The summed E-state index contributed by atoms with van der Waals surface area (Å²) in [5.41, 5.74) is -0.142. The Balaban J connectivity index is 2.26. The van der Waals surface area contributed by atoms with Crippen molar-refractivity contribution < 1.29 is 5.11 Å². The summed E-state index contributed by atoms with van der Waals surface area (Å²) in [7, 11) is 0. The Bertz CT molecular complexity index is 358. The summed E-state index contributed by atoms with van der Waals surface area (Å²) in [6, 6.07) is 7.94. The molecular formula is C15H24ClNOS. The molecule has 0 aliphatic rings. The molecule has 108 valence electrons. The predicted molar refractivity (Wildman–Crippen MR) is 85.2 cm³/mol. The Morgan fingerprint density at radius 2 is 2.00 bits per heavy atom. The monoisotopic (exact) mass is 301 g/mol. The smallest absolute Gasteiger partial charge is 0.0610 e. The molecule has 1 aromatic carbocycles. The Labute approximate surface area is 125 Å². The van der Waals surface area contributed by atoms with Crippen LogP contribution in [0.15, 0.2) is 29.2 Å². The molecule has 0 heterocycles. The van der Waals surface area contributed by atoms with Crippen molar-refractivity contribution in [2.45, 2.75) is 43.5 Å². The second-order valence-corrected chi connectivity index (χ2v) is 6.66. The zero-order chi connectivity index (χ0) is 14.1. The van der Waals surface area contributed by atoms with E-state index >= 15 is 0 Å². The third-order valence-corrected chi connectivity index (χ3v) is 4.46. The van der Waals surface area contributed by atoms with Crippen molar-refractivity contribution in [3.63, 3.8) is 0 Å². The third kappa shape index (κ3) is 6.66. The summed E-state index contributed by atoms with van der Waals surface area (Å²) in [5.74, 6) is 1.06. The third-order valence-electron chi connectivity index (χ3n) is 3.11. The first-order valence-corrected chi connectivity index (χ1v) is 8.20. The SMILES string of the molecule is CCCNC(C)(CO)CCCSc1ccc(Cl)cc1. The normalized spacial score (nSPS) is 14.3. The second-order valence-electron chi connectivity index (χ2n) is 5.05. The summed E-state index contributed by atoms with van der Waals surface area (Å²) >= 11 is 7.69. The van der Waals surface area contributed by atoms with Gasteiger partial charge in [0.25, 0.3) is 0 Å². The first-order valence-electron chi connectivity index (χ1n) is 6.84. The quantitative estimate of drug-likeness (QED) is 0.535.